The van der Waals surface area contributed by atoms with Gasteiger partial charge in [0.05, 0.1) is 0 Å². The first kappa shape index (κ1) is 14.3. The van der Waals surface area contributed by atoms with E-state index in [1.807, 2.05) is 35.4 Å². The van der Waals surface area contributed by atoms with Crippen molar-refractivity contribution < 1.29 is 4.79 Å². The van der Waals surface area contributed by atoms with E-state index in [2.05, 4.69) is 19.2 Å². The van der Waals surface area contributed by atoms with Crippen LogP contribution < -0.4 is 5.32 Å². The number of hydrogen-bond donors (Lipinski definition) is 1. The second kappa shape index (κ2) is 6.33. The highest BCUT2D eigenvalue weighted by molar-refractivity contribution is 7.98. The predicted molar refractivity (Wildman–Crippen MR) is 81.8 cm³/mol. The Labute approximate surface area is 119 Å². The van der Waals surface area contributed by atoms with Crippen molar-refractivity contribution in [3.05, 3.63) is 24.3 Å². The van der Waals surface area contributed by atoms with Gasteiger partial charge >= 0.3 is 6.03 Å². The molecule has 104 valence electrons. The standard InChI is InChI=1S/C15H22N2OS/c1-11-7-12(2)10-17(9-11)15(18)16-13-5-4-6-14(8-13)19-3/h4-6,8,11-12H,7,9-10H2,1-3H3,(H,16,18)/t11-,12+. The van der Waals surface area contributed by atoms with Gasteiger partial charge in [0.2, 0.25) is 0 Å². The number of carbonyl (C=O) groups is 1. The molecular formula is C15H22N2OS. The molecule has 2 rings (SSSR count). The van der Waals surface area contributed by atoms with Crippen molar-refractivity contribution in [1.29, 1.82) is 0 Å². The molecule has 1 fully saturated rings. The Morgan fingerprint density at radius 3 is 2.63 bits per heavy atom. The first-order valence-electron chi connectivity index (χ1n) is 6.78. The summed E-state index contributed by atoms with van der Waals surface area (Å²) < 4.78 is 0. The number of piperidine rings is 1. The molecule has 0 spiro atoms. The summed E-state index contributed by atoms with van der Waals surface area (Å²) in [5, 5.41) is 3.00. The molecule has 3 nitrogen and oxygen atoms in total. The molecule has 1 N–H and O–H groups in total. The Balaban J connectivity index is 2.00. The Hall–Kier alpha value is -1.16. The SMILES string of the molecule is CSc1cccc(NC(=O)N2C[C@H](C)C[C@H](C)C2)c1. The fourth-order valence-corrected chi connectivity index (χ4v) is 3.19. The smallest absolute Gasteiger partial charge is 0.321 e. The van der Waals surface area contributed by atoms with Gasteiger partial charge < -0.3 is 10.2 Å². The summed E-state index contributed by atoms with van der Waals surface area (Å²) >= 11 is 1.68. The number of likely N-dealkylation sites (tertiary alicyclic amines) is 1. The third-order valence-corrected chi connectivity index (χ3v) is 4.20. The maximum Gasteiger partial charge on any atom is 0.321 e. The molecule has 0 bridgehead atoms. The maximum atomic E-state index is 12.3. The van der Waals surface area contributed by atoms with Crippen LogP contribution in [0.4, 0.5) is 10.5 Å². The molecule has 0 aromatic heterocycles. The van der Waals surface area contributed by atoms with Gasteiger partial charge in [0.25, 0.3) is 0 Å². The van der Waals surface area contributed by atoms with Gasteiger partial charge in [-0.3, -0.25) is 0 Å². The number of amides is 2. The van der Waals surface area contributed by atoms with E-state index in [0.29, 0.717) is 11.8 Å². The predicted octanol–water partition coefficient (Wildman–Crippen LogP) is 3.92. The summed E-state index contributed by atoms with van der Waals surface area (Å²) in [7, 11) is 0. The second-order valence-electron chi connectivity index (χ2n) is 5.51. The number of thioether (sulfide) groups is 1. The van der Waals surface area contributed by atoms with Gasteiger partial charge in [0, 0.05) is 23.7 Å². The zero-order valence-electron chi connectivity index (χ0n) is 11.8. The summed E-state index contributed by atoms with van der Waals surface area (Å²) in [5.41, 5.74) is 0.878. The monoisotopic (exact) mass is 278 g/mol. The Kier molecular flexibility index (Phi) is 4.75. The van der Waals surface area contributed by atoms with Crippen LogP contribution in [0.25, 0.3) is 0 Å². The zero-order chi connectivity index (χ0) is 13.8. The van der Waals surface area contributed by atoms with Crippen molar-refractivity contribution in [1.82, 2.24) is 4.90 Å². The van der Waals surface area contributed by atoms with Crippen molar-refractivity contribution in [3.8, 4) is 0 Å². The lowest BCUT2D eigenvalue weighted by Gasteiger charge is -2.34. The third kappa shape index (κ3) is 3.90. The average molecular weight is 278 g/mol. The molecule has 4 heteroatoms. The van der Waals surface area contributed by atoms with Gasteiger partial charge in [-0.25, -0.2) is 4.79 Å². The van der Waals surface area contributed by atoms with Gasteiger partial charge in [0.15, 0.2) is 0 Å². The van der Waals surface area contributed by atoms with Crippen molar-refractivity contribution in [3.63, 3.8) is 0 Å². The summed E-state index contributed by atoms with van der Waals surface area (Å²) in [6, 6.07) is 8.00. The number of urea groups is 1. The summed E-state index contributed by atoms with van der Waals surface area (Å²) in [6.45, 7) is 6.14. The highest BCUT2D eigenvalue weighted by Gasteiger charge is 2.25. The van der Waals surface area contributed by atoms with Gasteiger partial charge in [0.1, 0.15) is 0 Å². The molecule has 19 heavy (non-hydrogen) atoms. The van der Waals surface area contributed by atoms with Crippen LogP contribution in [0.5, 0.6) is 0 Å². The number of rotatable bonds is 2. The second-order valence-corrected chi connectivity index (χ2v) is 6.39. The lowest BCUT2D eigenvalue weighted by molar-refractivity contribution is 0.156. The Bertz CT molecular complexity index is 440. The molecule has 1 aromatic carbocycles. The highest BCUT2D eigenvalue weighted by Crippen LogP contribution is 2.23. The number of benzene rings is 1. The van der Waals surface area contributed by atoms with Crippen LogP contribution >= 0.6 is 11.8 Å². The van der Waals surface area contributed by atoms with Gasteiger partial charge in [-0.15, -0.1) is 11.8 Å². The van der Waals surface area contributed by atoms with Gasteiger partial charge in [-0.05, 0) is 42.7 Å². The third-order valence-electron chi connectivity index (χ3n) is 3.48. The molecule has 2 amide bonds. The summed E-state index contributed by atoms with van der Waals surface area (Å²) in [5.74, 6) is 1.18. The van der Waals surface area contributed by atoms with Crippen LogP contribution in [0, 0.1) is 11.8 Å². The maximum absolute atomic E-state index is 12.3. The number of nitrogens with zero attached hydrogens (tertiary/aromatic N) is 1. The molecule has 1 heterocycles. The molecule has 1 saturated heterocycles. The van der Waals surface area contributed by atoms with E-state index in [1.54, 1.807) is 11.8 Å². The number of carbonyl (C=O) groups excluding carboxylic acids is 1. The van der Waals surface area contributed by atoms with Crippen molar-refractivity contribution in [2.24, 2.45) is 11.8 Å². The minimum absolute atomic E-state index is 0.0247. The van der Waals surface area contributed by atoms with Crippen LogP contribution in [-0.2, 0) is 0 Å². The van der Waals surface area contributed by atoms with E-state index in [-0.39, 0.29) is 6.03 Å². The number of hydrogen-bond acceptors (Lipinski definition) is 2. The van der Waals surface area contributed by atoms with Crippen molar-refractivity contribution in [2.45, 2.75) is 25.2 Å². The Morgan fingerprint density at radius 1 is 1.32 bits per heavy atom. The lowest BCUT2D eigenvalue weighted by Crippen LogP contribution is -2.44. The first-order valence-corrected chi connectivity index (χ1v) is 8.01. The van der Waals surface area contributed by atoms with Crippen LogP contribution in [0.15, 0.2) is 29.2 Å². The quantitative estimate of drug-likeness (QED) is 0.832. The molecule has 1 aromatic rings. The summed E-state index contributed by atoms with van der Waals surface area (Å²) in [4.78, 5) is 15.4. The normalized spacial score (nSPS) is 23.2. The van der Waals surface area contributed by atoms with Crippen molar-refractivity contribution >= 4 is 23.5 Å². The minimum atomic E-state index is 0.0247. The molecule has 0 radical (unpaired) electrons. The molecule has 0 saturated carbocycles. The fraction of sp³-hybridized carbons (Fsp3) is 0.533. The van der Waals surface area contributed by atoms with Crippen LogP contribution in [0.3, 0.4) is 0 Å². The molecule has 0 aliphatic carbocycles. The van der Waals surface area contributed by atoms with Crippen LogP contribution in [0.2, 0.25) is 0 Å². The molecule has 1 aliphatic rings. The minimum Gasteiger partial charge on any atom is -0.324 e. The van der Waals surface area contributed by atoms with Gasteiger partial charge in [-0.2, -0.15) is 0 Å². The average Bonchev–Trinajstić information content (AvgIpc) is 2.37. The van der Waals surface area contributed by atoms with E-state index in [0.717, 1.165) is 23.7 Å². The van der Waals surface area contributed by atoms with Crippen LogP contribution in [-0.4, -0.2) is 30.3 Å². The van der Waals surface area contributed by atoms with E-state index in [1.165, 1.54) is 6.42 Å². The lowest BCUT2D eigenvalue weighted by atomic mass is 9.92. The zero-order valence-corrected chi connectivity index (χ0v) is 12.7. The number of nitrogens with one attached hydrogen (secondary N) is 1. The van der Waals surface area contributed by atoms with Gasteiger partial charge in [-0.1, -0.05) is 19.9 Å². The van der Waals surface area contributed by atoms with E-state index in [9.17, 15) is 4.79 Å². The van der Waals surface area contributed by atoms with E-state index < -0.39 is 0 Å². The topological polar surface area (TPSA) is 32.3 Å². The van der Waals surface area contributed by atoms with Crippen molar-refractivity contribution in [2.75, 3.05) is 24.7 Å². The number of anilines is 1. The summed E-state index contributed by atoms with van der Waals surface area (Å²) in [6.07, 6.45) is 3.25. The molecule has 0 unspecified atom stereocenters. The van der Waals surface area contributed by atoms with Crippen LogP contribution in [0.1, 0.15) is 20.3 Å². The molecule has 1 aliphatic heterocycles. The first-order chi connectivity index (χ1) is 9.08. The largest absolute Gasteiger partial charge is 0.324 e. The molecular weight excluding hydrogens is 256 g/mol. The van der Waals surface area contributed by atoms with E-state index >= 15 is 0 Å². The Morgan fingerprint density at radius 2 is 2.00 bits per heavy atom. The fourth-order valence-electron chi connectivity index (χ4n) is 2.73. The highest BCUT2D eigenvalue weighted by atomic mass is 32.2. The molecule has 2 atom stereocenters. The van der Waals surface area contributed by atoms with E-state index in [4.69, 9.17) is 0 Å².